The van der Waals surface area contributed by atoms with Crippen molar-refractivity contribution in [2.45, 2.75) is 54.0 Å². The number of nitrogens with zero attached hydrogens (tertiary/aromatic N) is 2. The summed E-state index contributed by atoms with van der Waals surface area (Å²) >= 11 is 0. The third-order valence-corrected chi connectivity index (χ3v) is 3.64. The Morgan fingerprint density at radius 3 is 2.40 bits per heavy atom. The van der Waals surface area contributed by atoms with Gasteiger partial charge in [-0.1, -0.05) is 13.8 Å². The minimum Gasteiger partial charge on any atom is -0.316 e. The van der Waals surface area contributed by atoms with Gasteiger partial charge in [0.05, 0.1) is 5.69 Å². The van der Waals surface area contributed by atoms with Crippen LogP contribution in [0.15, 0.2) is 0 Å². The lowest BCUT2D eigenvalue weighted by atomic mass is 10.1. The van der Waals surface area contributed by atoms with E-state index < -0.39 is 0 Å². The Morgan fingerprint density at radius 2 is 1.80 bits per heavy atom. The van der Waals surface area contributed by atoms with Gasteiger partial charge >= 0.3 is 0 Å². The van der Waals surface area contributed by atoms with Crippen LogP contribution in [-0.2, 0) is 13.0 Å². The summed E-state index contributed by atoms with van der Waals surface area (Å²) in [4.78, 5) is 0. The van der Waals surface area contributed by atoms with E-state index in [2.05, 4.69) is 55.0 Å². The third-order valence-electron chi connectivity index (χ3n) is 3.64. The molecule has 0 unspecified atom stereocenters. The molecule has 0 aliphatic carbocycles. The molecule has 0 bridgehead atoms. The van der Waals surface area contributed by atoms with Gasteiger partial charge in [-0.05, 0) is 71.3 Å². The largest absolute Gasteiger partial charge is 0.316 e. The molecule has 0 saturated carbocycles. The van der Waals surface area contributed by atoms with Crippen LogP contribution in [0.1, 0.15) is 44.1 Å². The SMILES string of the molecule is CCn1nc(C)c(CCNCCCNCC(C)C)c1C. The van der Waals surface area contributed by atoms with Crippen molar-refractivity contribution < 1.29 is 0 Å². The fourth-order valence-electron chi connectivity index (χ4n) is 2.47. The number of rotatable bonds is 10. The van der Waals surface area contributed by atoms with Crippen LogP contribution >= 0.6 is 0 Å². The molecule has 0 amide bonds. The molecule has 0 fully saturated rings. The monoisotopic (exact) mass is 280 g/mol. The van der Waals surface area contributed by atoms with Crippen molar-refractivity contribution in [2.24, 2.45) is 5.92 Å². The lowest BCUT2D eigenvalue weighted by molar-refractivity contribution is 0.530. The second-order valence-corrected chi connectivity index (χ2v) is 5.92. The fourth-order valence-corrected chi connectivity index (χ4v) is 2.47. The second kappa shape index (κ2) is 9.14. The van der Waals surface area contributed by atoms with Gasteiger partial charge in [0.2, 0.25) is 0 Å². The first kappa shape index (κ1) is 17.2. The predicted octanol–water partition coefficient (Wildman–Crippen LogP) is 2.29. The molecule has 0 spiro atoms. The molecule has 2 N–H and O–H groups in total. The molecule has 0 atom stereocenters. The van der Waals surface area contributed by atoms with Gasteiger partial charge in [0, 0.05) is 12.2 Å². The smallest absolute Gasteiger partial charge is 0.0628 e. The molecule has 1 aromatic rings. The summed E-state index contributed by atoms with van der Waals surface area (Å²) in [6.07, 6.45) is 2.27. The first-order valence-electron chi connectivity index (χ1n) is 8.00. The van der Waals surface area contributed by atoms with Crippen molar-refractivity contribution >= 4 is 0 Å². The Kier molecular flexibility index (Phi) is 7.85. The Hall–Kier alpha value is -0.870. The minimum absolute atomic E-state index is 0.740. The molecular weight excluding hydrogens is 248 g/mol. The summed E-state index contributed by atoms with van der Waals surface area (Å²) < 4.78 is 2.10. The topological polar surface area (TPSA) is 41.9 Å². The lowest BCUT2D eigenvalue weighted by Crippen LogP contribution is -2.25. The maximum atomic E-state index is 4.56. The first-order valence-corrected chi connectivity index (χ1v) is 8.00. The van der Waals surface area contributed by atoms with Gasteiger partial charge in [0.15, 0.2) is 0 Å². The Bertz CT molecular complexity index is 382. The predicted molar refractivity (Wildman–Crippen MR) is 86.3 cm³/mol. The van der Waals surface area contributed by atoms with Crippen molar-refractivity contribution in [3.8, 4) is 0 Å². The van der Waals surface area contributed by atoms with E-state index in [1.165, 1.54) is 23.4 Å². The summed E-state index contributed by atoms with van der Waals surface area (Å²) in [5.41, 5.74) is 3.92. The zero-order valence-electron chi connectivity index (χ0n) is 13.9. The van der Waals surface area contributed by atoms with Crippen LogP contribution in [0, 0.1) is 19.8 Å². The molecule has 0 radical (unpaired) electrons. The van der Waals surface area contributed by atoms with E-state index in [9.17, 15) is 0 Å². The second-order valence-electron chi connectivity index (χ2n) is 5.92. The average molecular weight is 280 g/mol. The van der Waals surface area contributed by atoms with Gasteiger partial charge in [-0.3, -0.25) is 4.68 Å². The van der Waals surface area contributed by atoms with E-state index in [-0.39, 0.29) is 0 Å². The molecule has 0 saturated heterocycles. The van der Waals surface area contributed by atoms with Crippen LogP contribution in [0.3, 0.4) is 0 Å². The minimum atomic E-state index is 0.740. The van der Waals surface area contributed by atoms with Gasteiger partial charge < -0.3 is 10.6 Å². The van der Waals surface area contributed by atoms with Crippen LogP contribution in [0.2, 0.25) is 0 Å². The van der Waals surface area contributed by atoms with Gasteiger partial charge in [0.1, 0.15) is 0 Å². The molecule has 1 aromatic heterocycles. The molecule has 0 aromatic carbocycles. The Labute approximate surface area is 124 Å². The van der Waals surface area contributed by atoms with Crippen LogP contribution in [-0.4, -0.2) is 36.0 Å². The van der Waals surface area contributed by atoms with Crippen LogP contribution < -0.4 is 10.6 Å². The summed E-state index contributed by atoms with van der Waals surface area (Å²) in [7, 11) is 0. The van der Waals surface area contributed by atoms with Gasteiger partial charge in [-0.15, -0.1) is 0 Å². The Balaban J connectivity index is 2.14. The standard InChI is InChI=1S/C16H32N4/c1-6-20-15(5)16(14(4)19-20)8-11-17-9-7-10-18-12-13(2)3/h13,17-18H,6-12H2,1-5H3. The summed E-state index contributed by atoms with van der Waals surface area (Å²) in [5.74, 6) is 0.740. The number of aryl methyl sites for hydroxylation is 2. The van der Waals surface area contributed by atoms with Crippen molar-refractivity contribution in [3.05, 3.63) is 17.0 Å². The number of hydrogen-bond donors (Lipinski definition) is 2. The molecule has 0 aliphatic heterocycles. The van der Waals surface area contributed by atoms with Crippen LogP contribution in [0.4, 0.5) is 0 Å². The lowest BCUT2D eigenvalue weighted by Gasteiger charge is -2.08. The highest BCUT2D eigenvalue weighted by Crippen LogP contribution is 2.13. The molecule has 1 rings (SSSR count). The van der Waals surface area contributed by atoms with E-state index >= 15 is 0 Å². The summed E-state index contributed by atoms with van der Waals surface area (Å²) in [6, 6.07) is 0. The molecule has 4 heteroatoms. The van der Waals surface area contributed by atoms with Crippen LogP contribution in [0.5, 0.6) is 0 Å². The Morgan fingerprint density at radius 1 is 1.10 bits per heavy atom. The van der Waals surface area contributed by atoms with Crippen molar-refractivity contribution in [3.63, 3.8) is 0 Å². The highest BCUT2D eigenvalue weighted by molar-refractivity contribution is 5.24. The highest BCUT2D eigenvalue weighted by Gasteiger charge is 2.09. The van der Waals surface area contributed by atoms with Crippen molar-refractivity contribution in [1.82, 2.24) is 20.4 Å². The molecule has 116 valence electrons. The number of hydrogen-bond acceptors (Lipinski definition) is 3. The van der Waals surface area contributed by atoms with E-state index in [1.807, 2.05) is 0 Å². The van der Waals surface area contributed by atoms with E-state index in [0.29, 0.717) is 0 Å². The van der Waals surface area contributed by atoms with E-state index in [4.69, 9.17) is 0 Å². The molecule has 0 aliphatic rings. The molecule has 1 heterocycles. The normalized spacial score (nSPS) is 11.5. The fraction of sp³-hybridized carbons (Fsp3) is 0.812. The number of aromatic nitrogens is 2. The molecular formula is C16H32N4. The zero-order chi connectivity index (χ0) is 15.0. The summed E-state index contributed by atoms with van der Waals surface area (Å²) in [5, 5.41) is 11.6. The molecule has 4 nitrogen and oxygen atoms in total. The number of nitrogens with one attached hydrogen (secondary N) is 2. The van der Waals surface area contributed by atoms with Crippen molar-refractivity contribution in [1.29, 1.82) is 0 Å². The highest BCUT2D eigenvalue weighted by atomic mass is 15.3. The zero-order valence-corrected chi connectivity index (χ0v) is 13.9. The third kappa shape index (κ3) is 5.63. The average Bonchev–Trinajstić information content (AvgIpc) is 2.68. The van der Waals surface area contributed by atoms with Crippen LogP contribution in [0.25, 0.3) is 0 Å². The van der Waals surface area contributed by atoms with E-state index in [0.717, 1.165) is 45.1 Å². The maximum absolute atomic E-state index is 4.56. The van der Waals surface area contributed by atoms with Gasteiger partial charge in [0.25, 0.3) is 0 Å². The molecule has 20 heavy (non-hydrogen) atoms. The van der Waals surface area contributed by atoms with E-state index in [1.54, 1.807) is 0 Å². The maximum Gasteiger partial charge on any atom is 0.0628 e. The van der Waals surface area contributed by atoms with Gasteiger partial charge in [-0.25, -0.2) is 0 Å². The van der Waals surface area contributed by atoms with Crippen molar-refractivity contribution in [2.75, 3.05) is 26.2 Å². The van der Waals surface area contributed by atoms with Gasteiger partial charge in [-0.2, -0.15) is 5.10 Å². The first-order chi connectivity index (χ1) is 9.56. The quantitative estimate of drug-likeness (QED) is 0.646. The summed E-state index contributed by atoms with van der Waals surface area (Å²) in [6.45, 7) is 16.2.